The van der Waals surface area contributed by atoms with E-state index in [1.54, 1.807) is 13.8 Å². The number of aliphatic hydroxyl groups is 10. The van der Waals surface area contributed by atoms with Crippen molar-refractivity contribution in [3.63, 3.8) is 0 Å². The highest BCUT2D eigenvalue weighted by molar-refractivity contribution is 5.84. The second kappa shape index (κ2) is 18.2. The van der Waals surface area contributed by atoms with Crippen molar-refractivity contribution in [1.29, 1.82) is 0 Å². The Kier molecular flexibility index (Phi) is 14.0. The highest BCUT2D eigenvalue weighted by Crippen LogP contribution is 2.77. The van der Waals surface area contributed by atoms with Crippen LogP contribution < -0.4 is 0 Å². The molecule has 0 spiro atoms. The van der Waals surface area contributed by atoms with E-state index in [-0.39, 0.29) is 39.8 Å². The van der Waals surface area contributed by atoms with E-state index in [2.05, 4.69) is 20.8 Å². The molecule has 0 radical (unpaired) electrons. The van der Waals surface area contributed by atoms with Crippen LogP contribution in [0.15, 0.2) is 0 Å². The van der Waals surface area contributed by atoms with Gasteiger partial charge in [0.05, 0.1) is 36.3 Å². The van der Waals surface area contributed by atoms with Gasteiger partial charge in [0.1, 0.15) is 72.9 Å². The minimum atomic E-state index is -1.91. The molecule has 67 heavy (non-hydrogen) atoms. The summed E-state index contributed by atoms with van der Waals surface area (Å²) in [5.41, 5.74) is -3.44. The summed E-state index contributed by atoms with van der Waals surface area (Å²) in [5, 5.41) is 118. The Hall–Kier alpha value is -1.99. The number of fused-ring (bicyclic) bond motifs is 7. The van der Waals surface area contributed by atoms with Gasteiger partial charge in [0.15, 0.2) is 12.6 Å². The molecule has 8 fully saturated rings. The van der Waals surface area contributed by atoms with Crippen LogP contribution in [0.3, 0.4) is 0 Å². The summed E-state index contributed by atoms with van der Waals surface area (Å²) >= 11 is 0. The molecule has 3 heterocycles. The molecule has 26 atom stereocenters. The van der Waals surface area contributed by atoms with Crippen LogP contribution in [0, 0.1) is 56.7 Å². The normalized spacial score (nSPS) is 55.3. The number of carboxylic acid groups (broad SMARTS) is 1. The molecule has 382 valence electrons. The number of rotatable bonds is 10. The number of carboxylic acids is 1. The highest BCUT2D eigenvalue weighted by atomic mass is 16.8. The Morgan fingerprint density at radius 2 is 1.27 bits per heavy atom. The van der Waals surface area contributed by atoms with E-state index < -0.39 is 146 Å². The summed E-state index contributed by atoms with van der Waals surface area (Å²) in [6.07, 6.45) is -20.1. The maximum atomic E-state index is 14.9. The maximum absolute atomic E-state index is 14.9. The Labute approximate surface area is 389 Å². The third kappa shape index (κ3) is 7.77. The van der Waals surface area contributed by atoms with Gasteiger partial charge in [-0.2, -0.15) is 0 Å². The smallest absolute Gasteiger partial charge is 0.314 e. The number of ketones is 1. The lowest BCUT2D eigenvalue weighted by Gasteiger charge is -2.72. The molecule has 20 heteroatoms. The highest BCUT2D eigenvalue weighted by Gasteiger charge is 2.74. The molecule has 0 aromatic heterocycles. The second-order valence-corrected chi connectivity index (χ2v) is 22.5. The van der Waals surface area contributed by atoms with Gasteiger partial charge in [-0.25, -0.2) is 0 Å². The summed E-state index contributed by atoms with van der Waals surface area (Å²) in [4.78, 5) is 41.3. The molecule has 3 saturated heterocycles. The third-order valence-corrected chi connectivity index (χ3v) is 19.7. The van der Waals surface area contributed by atoms with Gasteiger partial charge in [0.25, 0.3) is 0 Å². The van der Waals surface area contributed by atoms with Crippen molar-refractivity contribution in [3.05, 3.63) is 0 Å². The molecule has 11 N–H and O–H groups in total. The molecule has 8 aliphatic rings. The number of aliphatic hydroxyl groups excluding tert-OH is 10. The number of esters is 1. The van der Waals surface area contributed by atoms with E-state index in [0.717, 1.165) is 12.8 Å². The van der Waals surface area contributed by atoms with Crippen molar-refractivity contribution < 1.29 is 99.0 Å². The first-order valence-electron chi connectivity index (χ1n) is 24.3. The molecule has 0 aromatic carbocycles. The van der Waals surface area contributed by atoms with E-state index in [4.69, 9.17) is 28.4 Å². The van der Waals surface area contributed by atoms with Crippen LogP contribution in [0.4, 0.5) is 0 Å². The predicted octanol–water partition coefficient (Wildman–Crippen LogP) is -0.898. The third-order valence-electron chi connectivity index (χ3n) is 19.7. The average Bonchev–Trinajstić information content (AvgIpc) is 3.69. The van der Waals surface area contributed by atoms with Crippen molar-refractivity contribution in [3.8, 4) is 0 Å². The number of aliphatic carboxylic acids is 1. The van der Waals surface area contributed by atoms with Crippen molar-refractivity contribution in [1.82, 2.24) is 0 Å². The molecule has 0 bridgehead atoms. The van der Waals surface area contributed by atoms with Crippen LogP contribution in [0.5, 0.6) is 0 Å². The van der Waals surface area contributed by atoms with E-state index in [9.17, 15) is 70.6 Å². The first-order chi connectivity index (χ1) is 31.3. The first kappa shape index (κ1) is 51.4. The van der Waals surface area contributed by atoms with Gasteiger partial charge in [-0.3, -0.25) is 14.4 Å². The maximum Gasteiger partial charge on any atom is 0.314 e. The molecule has 0 aromatic rings. The zero-order valence-electron chi connectivity index (χ0n) is 39.2. The van der Waals surface area contributed by atoms with Crippen molar-refractivity contribution in [2.45, 2.75) is 204 Å². The van der Waals surface area contributed by atoms with Crippen LogP contribution in [-0.4, -0.2) is 185 Å². The molecule has 0 unspecified atom stereocenters. The van der Waals surface area contributed by atoms with E-state index in [0.29, 0.717) is 51.4 Å². The molecular formula is C47H74O20. The fourth-order valence-electron chi connectivity index (χ4n) is 15.6. The number of carbonyl (C=O) groups is 3. The molecule has 20 nitrogen and oxygen atoms in total. The molecule has 5 saturated carbocycles. The van der Waals surface area contributed by atoms with Crippen LogP contribution in [0.2, 0.25) is 0 Å². The largest absolute Gasteiger partial charge is 0.481 e. The Bertz CT molecular complexity index is 1850. The van der Waals surface area contributed by atoms with Gasteiger partial charge in [-0.05, 0) is 125 Å². The van der Waals surface area contributed by atoms with Crippen LogP contribution >= 0.6 is 0 Å². The number of ether oxygens (including phenoxy) is 6. The summed E-state index contributed by atoms with van der Waals surface area (Å²) in [6.45, 7) is 9.99. The van der Waals surface area contributed by atoms with Crippen LogP contribution in [0.1, 0.15) is 106 Å². The fraction of sp³-hybridized carbons (Fsp3) is 0.936. The van der Waals surface area contributed by atoms with E-state index >= 15 is 0 Å². The van der Waals surface area contributed by atoms with E-state index in [1.807, 2.05) is 0 Å². The standard InChI is InChI=1S/C47H74O20/c1-19(49)21-9-14-47(16-15-44(4)22(28(21)47)7-8-25-43(3)12-11-27(50)46(6,41(59)60)26(43)10-13-45(25,44)5)42(61)67-40-35(57)32(54)30(52)24(65-40)18-62-38-36(58)33(55)37(23(17-48)64-38)66-39-34(56)31(53)29(51)20(2)63-39/h20-40,48,50-58H,7-18H2,1-6H3,(H,59,60)/t20-,21-,22+,23-,24-,25+,26+,27+,28+,29-,30-,31+,32+,33-,34+,35-,36-,37-,38-,39+,40+,43+,44+,45+,46-,47-/m0/s1. The summed E-state index contributed by atoms with van der Waals surface area (Å²) in [5.74, 6) is -2.80. The molecule has 3 aliphatic heterocycles. The minimum absolute atomic E-state index is 0.0400. The van der Waals surface area contributed by atoms with Gasteiger partial charge in [-0.1, -0.05) is 20.8 Å². The van der Waals surface area contributed by atoms with Gasteiger partial charge in [-0.15, -0.1) is 0 Å². The Morgan fingerprint density at radius 1 is 0.627 bits per heavy atom. The number of hydrogen-bond acceptors (Lipinski definition) is 19. The quantitative estimate of drug-likeness (QED) is 0.118. The van der Waals surface area contributed by atoms with Crippen LogP contribution in [-0.2, 0) is 42.8 Å². The van der Waals surface area contributed by atoms with Crippen LogP contribution in [0.25, 0.3) is 0 Å². The monoisotopic (exact) mass is 958 g/mol. The zero-order valence-corrected chi connectivity index (χ0v) is 39.2. The first-order valence-corrected chi connectivity index (χ1v) is 24.3. The van der Waals surface area contributed by atoms with Gasteiger partial charge in [0, 0.05) is 5.92 Å². The van der Waals surface area contributed by atoms with Gasteiger partial charge < -0.3 is 84.6 Å². The topological polar surface area (TPSA) is 329 Å². The van der Waals surface area contributed by atoms with Gasteiger partial charge >= 0.3 is 11.9 Å². The van der Waals surface area contributed by atoms with Crippen molar-refractivity contribution >= 4 is 17.7 Å². The average molecular weight is 959 g/mol. The van der Waals surface area contributed by atoms with Crippen molar-refractivity contribution in [2.24, 2.45) is 56.7 Å². The van der Waals surface area contributed by atoms with E-state index in [1.165, 1.54) is 6.92 Å². The molecule has 5 aliphatic carbocycles. The lowest BCUT2D eigenvalue weighted by molar-refractivity contribution is -0.361. The fourth-order valence-corrected chi connectivity index (χ4v) is 15.6. The lowest BCUT2D eigenvalue weighted by atomic mass is 9.32. The number of hydrogen-bond donors (Lipinski definition) is 11. The number of Topliss-reactive ketones (excluding diaryl/α,β-unsaturated/α-hetero) is 1. The second-order valence-electron chi connectivity index (χ2n) is 22.5. The molecule has 8 rings (SSSR count). The minimum Gasteiger partial charge on any atom is -0.481 e. The summed E-state index contributed by atoms with van der Waals surface area (Å²) in [7, 11) is 0. The van der Waals surface area contributed by atoms with Gasteiger partial charge in [0.2, 0.25) is 6.29 Å². The molecular weight excluding hydrogens is 884 g/mol. The summed E-state index contributed by atoms with van der Waals surface area (Å²) < 4.78 is 34.5. The van der Waals surface area contributed by atoms with Crippen molar-refractivity contribution in [2.75, 3.05) is 13.2 Å². The Morgan fingerprint density at radius 3 is 1.93 bits per heavy atom. The predicted molar refractivity (Wildman–Crippen MR) is 227 cm³/mol. The zero-order chi connectivity index (χ0) is 49.1. The SMILES string of the molecule is CC(=O)[C@@H]1CC[C@]2(C(=O)O[C@H]3O[C@@H](CO[C@H]4O[C@@H](CO)[C@H](O[C@H]5O[C@@H](C)[C@H](O)[C@@H](O)[C@H]5O)[C@@H](O)[C@@H]4O)[C@H](O)[C@@H](O)[C@@H]3O)CC[C@]3(C)[C@H](CC[C@@H]4[C@@]5(C)CC[C@@H](O)[C@@](C)(C(=O)O)[C@@H]5CC[C@]43C)[C@@H]12. The molecule has 0 amide bonds. The Balaban J connectivity index is 0.969. The summed E-state index contributed by atoms with van der Waals surface area (Å²) in [6, 6.07) is 0. The lowest BCUT2D eigenvalue weighted by Crippen LogP contribution is -2.68. The number of carbonyl (C=O) groups excluding carboxylic acids is 2.